The molecule has 2 heterocycles. The highest BCUT2D eigenvalue weighted by Gasteiger charge is 2.44. The minimum absolute atomic E-state index is 0.159. The minimum Gasteiger partial charge on any atom is -0.450 e. The lowest BCUT2D eigenvalue weighted by Crippen LogP contribution is -2.54. The zero-order valence-corrected chi connectivity index (χ0v) is 15.3. The summed E-state index contributed by atoms with van der Waals surface area (Å²) in [5.41, 5.74) is 1.68. The van der Waals surface area contributed by atoms with Crippen LogP contribution in [0.4, 0.5) is 10.5 Å². The summed E-state index contributed by atoms with van der Waals surface area (Å²) >= 11 is 0. The van der Waals surface area contributed by atoms with E-state index in [2.05, 4.69) is 0 Å². The van der Waals surface area contributed by atoms with Gasteiger partial charge < -0.3 is 9.64 Å². The molecule has 7 heteroatoms. The van der Waals surface area contributed by atoms with Crippen molar-refractivity contribution < 1.29 is 19.1 Å². The van der Waals surface area contributed by atoms with Gasteiger partial charge >= 0.3 is 6.09 Å². The average Bonchev–Trinajstić information content (AvgIpc) is 2.96. The highest BCUT2D eigenvalue weighted by molar-refractivity contribution is 6.22. The van der Waals surface area contributed by atoms with Crippen LogP contribution < -0.4 is 4.90 Å². The molecule has 2 aliphatic heterocycles. The molecular weight excluding hydrogens is 334 g/mol. The normalized spacial score (nSPS) is 21.4. The maximum absolute atomic E-state index is 13.0. The molecule has 26 heavy (non-hydrogen) atoms. The Kier molecular flexibility index (Phi) is 5.56. The van der Waals surface area contributed by atoms with Crippen LogP contribution >= 0.6 is 0 Å². The molecule has 0 radical (unpaired) electrons. The summed E-state index contributed by atoms with van der Waals surface area (Å²) in [6.45, 7) is 6.26. The second-order valence-electron chi connectivity index (χ2n) is 6.49. The van der Waals surface area contributed by atoms with Gasteiger partial charge in [0.2, 0.25) is 5.91 Å². The van der Waals surface area contributed by atoms with E-state index in [-0.39, 0.29) is 24.3 Å². The Morgan fingerprint density at radius 3 is 2.46 bits per heavy atom. The number of rotatable bonds is 4. The molecule has 2 fully saturated rings. The van der Waals surface area contributed by atoms with Gasteiger partial charge in [0.1, 0.15) is 0 Å². The van der Waals surface area contributed by atoms with Crippen LogP contribution in [0, 0.1) is 0 Å². The number of para-hydroxylation sites is 1. The standard InChI is InChI=1S/C19H25N3O4/c1-3-14-7-5-6-8-15(14)22-17(23)13-16(18(22)24)20-9-11-21(12-10-20)19(25)26-4-2/h5-8,16H,3-4,9-13H2,1-2H3. The van der Waals surface area contributed by atoms with Crippen molar-refractivity contribution in [2.75, 3.05) is 37.7 Å². The third-order valence-corrected chi connectivity index (χ3v) is 5.02. The number of piperazine rings is 1. The number of hydrogen-bond donors (Lipinski definition) is 0. The largest absolute Gasteiger partial charge is 0.450 e. The van der Waals surface area contributed by atoms with Crippen LogP contribution in [0.3, 0.4) is 0 Å². The zero-order valence-electron chi connectivity index (χ0n) is 15.3. The van der Waals surface area contributed by atoms with Gasteiger partial charge in [-0.25, -0.2) is 9.69 Å². The second kappa shape index (κ2) is 7.86. The van der Waals surface area contributed by atoms with Crippen LogP contribution in [0.15, 0.2) is 24.3 Å². The van der Waals surface area contributed by atoms with Crippen molar-refractivity contribution in [3.05, 3.63) is 29.8 Å². The number of amides is 3. The van der Waals surface area contributed by atoms with E-state index < -0.39 is 6.04 Å². The van der Waals surface area contributed by atoms with Gasteiger partial charge in [-0.3, -0.25) is 14.5 Å². The molecule has 0 bridgehead atoms. The summed E-state index contributed by atoms with van der Waals surface area (Å²) in [4.78, 5) is 42.3. The fourth-order valence-electron chi connectivity index (χ4n) is 3.61. The van der Waals surface area contributed by atoms with Gasteiger partial charge in [-0.2, -0.15) is 0 Å². The summed E-state index contributed by atoms with van der Waals surface area (Å²) in [6.07, 6.45) is 0.631. The maximum atomic E-state index is 13.0. The maximum Gasteiger partial charge on any atom is 0.409 e. The number of aryl methyl sites for hydroxylation is 1. The summed E-state index contributed by atoms with van der Waals surface area (Å²) < 4.78 is 5.02. The Balaban J connectivity index is 1.69. The number of nitrogens with zero attached hydrogens (tertiary/aromatic N) is 3. The first-order valence-electron chi connectivity index (χ1n) is 9.17. The SMILES string of the molecule is CCOC(=O)N1CCN(C2CC(=O)N(c3ccccc3CC)C2=O)CC1. The fourth-order valence-corrected chi connectivity index (χ4v) is 3.61. The second-order valence-corrected chi connectivity index (χ2v) is 6.49. The third kappa shape index (κ3) is 3.44. The molecule has 0 aromatic heterocycles. The van der Waals surface area contributed by atoms with Gasteiger partial charge in [0, 0.05) is 26.2 Å². The lowest BCUT2D eigenvalue weighted by atomic mass is 10.1. The Labute approximate surface area is 153 Å². The van der Waals surface area contributed by atoms with Crippen molar-refractivity contribution in [1.82, 2.24) is 9.80 Å². The first kappa shape index (κ1) is 18.4. The Hall–Kier alpha value is -2.41. The topological polar surface area (TPSA) is 70.2 Å². The first-order chi connectivity index (χ1) is 12.6. The molecule has 3 rings (SSSR count). The highest BCUT2D eigenvalue weighted by atomic mass is 16.6. The van der Waals surface area contributed by atoms with Crippen molar-refractivity contribution in [3.63, 3.8) is 0 Å². The molecule has 1 atom stereocenters. The van der Waals surface area contributed by atoms with Crippen molar-refractivity contribution in [1.29, 1.82) is 0 Å². The first-order valence-corrected chi connectivity index (χ1v) is 9.17. The molecule has 0 aliphatic carbocycles. The number of anilines is 1. The molecule has 2 saturated heterocycles. The van der Waals surface area contributed by atoms with Crippen LogP contribution in [-0.2, 0) is 20.7 Å². The molecule has 140 valence electrons. The lowest BCUT2D eigenvalue weighted by Gasteiger charge is -2.36. The Morgan fingerprint density at radius 1 is 1.12 bits per heavy atom. The van der Waals surface area contributed by atoms with E-state index in [9.17, 15) is 14.4 Å². The van der Waals surface area contributed by atoms with Crippen LogP contribution in [0.1, 0.15) is 25.8 Å². The lowest BCUT2D eigenvalue weighted by molar-refractivity contribution is -0.123. The third-order valence-electron chi connectivity index (χ3n) is 5.02. The van der Waals surface area contributed by atoms with E-state index in [1.165, 1.54) is 4.90 Å². The molecule has 2 aliphatic rings. The predicted octanol–water partition coefficient (Wildman–Crippen LogP) is 1.65. The number of imide groups is 1. The van der Waals surface area contributed by atoms with E-state index in [0.717, 1.165) is 12.0 Å². The highest BCUT2D eigenvalue weighted by Crippen LogP contribution is 2.29. The van der Waals surface area contributed by atoms with E-state index in [0.29, 0.717) is 38.5 Å². The van der Waals surface area contributed by atoms with Gasteiger partial charge in [0.15, 0.2) is 0 Å². The van der Waals surface area contributed by atoms with E-state index in [1.54, 1.807) is 11.8 Å². The van der Waals surface area contributed by atoms with Crippen molar-refractivity contribution in [2.24, 2.45) is 0 Å². The zero-order chi connectivity index (χ0) is 18.7. The number of benzene rings is 1. The van der Waals surface area contributed by atoms with Gasteiger partial charge in [-0.15, -0.1) is 0 Å². The summed E-state index contributed by atoms with van der Waals surface area (Å²) in [7, 11) is 0. The Morgan fingerprint density at radius 2 is 1.81 bits per heavy atom. The predicted molar refractivity (Wildman–Crippen MR) is 96.9 cm³/mol. The monoisotopic (exact) mass is 359 g/mol. The number of carbonyl (C=O) groups excluding carboxylic acids is 3. The van der Waals surface area contributed by atoms with Crippen molar-refractivity contribution in [3.8, 4) is 0 Å². The van der Waals surface area contributed by atoms with Gasteiger partial charge in [0.05, 0.1) is 24.8 Å². The molecule has 0 spiro atoms. The molecule has 0 N–H and O–H groups in total. The van der Waals surface area contributed by atoms with Crippen molar-refractivity contribution in [2.45, 2.75) is 32.7 Å². The molecule has 7 nitrogen and oxygen atoms in total. The fraction of sp³-hybridized carbons (Fsp3) is 0.526. The summed E-state index contributed by atoms with van der Waals surface area (Å²) in [5.74, 6) is -0.325. The smallest absolute Gasteiger partial charge is 0.409 e. The Bertz CT molecular complexity index is 698. The molecule has 3 amide bonds. The van der Waals surface area contributed by atoms with Crippen molar-refractivity contribution >= 4 is 23.6 Å². The quantitative estimate of drug-likeness (QED) is 0.765. The molecule has 1 aromatic carbocycles. The molecule has 1 aromatic rings. The molecule has 1 unspecified atom stereocenters. The van der Waals surface area contributed by atoms with E-state index in [1.807, 2.05) is 36.1 Å². The minimum atomic E-state index is -0.447. The summed E-state index contributed by atoms with van der Waals surface area (Å²) in [5, 5.41) is 0. The van der Waals surface area contributed by atoms with Crippen LogP contribution in [0.25, 0.3) is 0 Å². The van der Waals surface area contributed by atoms with E-state index >= 15 is 0 Å². The molecular formula is C19H25N3O4. The number of hydrogen-bond acceptors (Lipinski definition) is 5. The number of ether oxygens (including phenoxy) is 1. The van der Waals surface area contributed by atoms with Gasteiger partial charge in [0.25, 0.3) is 5.91 Å². The number of carbonyl (C=O) groups is 3. The summed E-state index contributed by atoms with van der Waals surface area (Å²) in [6, 6.07) is 7.09. The average molecular weight is 359 g/mol. The van der Waals surface area contributed by atoms with Crippen LogP contribution in [0.2, 0.25) is 0 Å². The van der Waals surface area contributed by atoms with Crippen LogP contribution in [-0.4, -0.2) is 66.5 Å². The van der Waals surface area contributed by atoms with Gasteiger partial charge in [-0.05, 0) is 25.0 Å². The van der Waals surface area contributed by atoms with Gasteiger partial charge in [-0.1, -0.05) is 25.1 Å². The van der Waals surface area contributed by atoms with Crippen LogP contribution in [0.5, 0.6) is 0 Å². The molecule has 0 saturated carbocycles. The van der Waals surface area contributed by atoms with E-state index in [4.69, 9.17) is 4.74 Å².